The molecule has 0 spiro atoms. The maximum atomic E-state index is 3.68. The van der Waals surface area contributed by atoms with Gasteiger partial charge in [0, 0.05) is 27.4 Å². The number of rotatable bonds is 2. The molecule has 0 aliphatic carbocycles. The van der Waals surface area contributed by atoms with E-state index in [1.54, 1.807) is 0 Å². The van der Waals surface area contributed by atoms with Crippen molar-refractivity contribution in [1.29, 1.82) is 0 Å². The van der Waals surface area contributed by atoms with E-state index in [9.17, 15) is 0 Å². The van der Waals surface area contributed by atoms with Gasteiger partial charge >= 0.3 is 0 Å². The highest BCUT2D eigenvalue weighted by Gasteiger charge is 2.14. The molecule has 2 aromatic heterocycles. The van der Waals surface area contributed by atoms with Crippen LogP contribution in [0.5, 0.6) is 0 Å². The Labute approximate surface area is 190 Å². The average molecular weight is 516 g/mol. The van der Waals surface area contributed by atoms with Crippen LogP contribution in [0.2, 0.25) is 0 Å². The number of nitrogens with zero attached hydrogens (tertiary/aromatic N) is 1. The van der Waals surface area contributed by atoms with E-state index in [1.807, 2.05) is 0 Å². The summed E-state index contributed by atoms with van der Waals surface area (Å²) >= 11 is 7.25. The average Bonchev–Trinajstić information content (AvgIpc) is 3.27. The number of nitrogens with one attached hydrogen (secondary N) is 1. The van der Waals surface area contributed by atoms with Gasteiger partial charge in [0.05, 0.1) is 20.1 Å². The van der Waals surface area contributed by atoms with Gasteiger partial charge in [0.1, 0.15) is 0 Å². The number of fused-ring (bicyclic) bond motifs is 4. The molecule has 6 rings (SSSR count). The van der Waals surface area contributed by atoms with Crippen LogP contribution in [-0.4, -0.2) is 9.55 Å². The predicted molar refractivity (Wildman–Crippen MR) is 133 cm³/mol. The topological polar surface area (TPSA) is 20.7 Å². The Morgan fingerprint density at radius 3 is 2.17 bits per heavy atom. The van der Waals surface area contributed by atoms with Crippen molar-refractivity contribution in [3.05, 3.63) is 100 Å². The molecule has 144 valence electrons. The summed E-state index contributed by atoms with van der Waals surface area (Å²) in [5.74, 6) is 0. The summed E-state index contributed by atoms with van der Waals surface area (Å²) in [6, 6.07) is 32.5. The smallest absolute Gasteiger partial charge is 0.0975 e. The fourth-order valence-corrected chi connectivity index (χ4v) is 5.17. The minimum Gasteiger partial charge on any atom is -0.348 e. The highest BCUT2D eigenvalue weighted by molar-refractivity contribution is 9.13. The second kappa shape index (κ2) is 6.86. The summed E-state index contributed by atoms with van der Waals surface area (Å²) in [7, 11) is 0. The van der Waals surface area contributed by atoms with Crippen LogP contribution in [0.15, 0.2) is 100 Å². The lowest BCUT2D eigenvalue weighted by Gasteiger charge is -2.09. The molecule has 0 fully saturated rings. The monoisotopic (exact) mass is 514 g/mol. The molecule has 0 amide bonds. The molecule has 2 nitrogen and oxygen atoms in total. The zero-order chi connectivity index (χ0) is 20.2. The van der Waals surface area contributed by atoms with Crippen LogP contribution in [0.3, 0.4) is 0 Å². The van der Waals surface area contributed by atoms with Crippen molar-refractivity contribution in [2.45, 2.75) is 0 Å². The number of halogens is 2. The maximum Gasteiger partial charge on any atom is 0.0975 e. The molecule has 0 atom stereocenters. The summed E-state index contributed by atoms with van der Waals surface area (Å²) < 4.78 is 4.38. The van der Waals surface area contributed by atoms with Crippen molar-refractivity contribution in [1.82, 2.24) is 9.55 Å². The fraction of sp³-hybridized carbons (Fsp3) is 0. The first kappa shape index (κ1) is 18.0. The SMILES string of the molecule is Brc1[nH]c2ccc(-c3ccc4c5ccccc5n(-c5ccccc5)c4c3)cc2c1Br. The van der Waals surface area contributed by atoms with Gasteiger partial charge < -0.3 is 9.55 Å². The first-order valence-electron chi connectivity index (χ1n) is 9.76. The first-order chi connectivity index (χ1) is 14.7. The van der Waals surface area contributed by atoms with Crippen molar-refractivity contribution in [3.63, 3.8) is 0 Å². The lowest BCUT2D eigenvalue weighted by atomic mass is 10.0. The van der Waals surface area contributed by atoms with Gasteiger partial charge in [0.25, 0.3) is 0 Å². The van der Waals surface area contributed by atoms with E-state index in [-0.39, 0.29) is 0 Å². The molecular formula is C26H16Br2N2. The van der Waals surface area contributed by atoms with Crippen molar-refractivity contribution >= 4 is 64.6 Å². The molecule has 30 heavy (non-hydrogen) atoms. The summed E-state index contributed by atoms with van der Waals surface area (Å²) in [5.41, 5.74) is 7.12. The largest absolute Gasteiger partial charge is 0.348 e. The van der Waals surface area contributed by atoms with E-state index in [1.165, 1.54) is 44.0 Å². The Morgan fingerprint density at radius 1 is 0.600 bits per heavy atom. The summed E-state index contributed by atoms with van der Waals surface area (Å²) in [5, 5.41) is 3.71. The number of hydrogen-bond donors (Lipinski definition) is 1. The molecule has 0 saturated carbocycles. The fourth-order valence-electron chi connectivity index (χ4n) is 4.31. The zero-order valence-electron chi connectivity index (χ0n) is 15.9. The molecular weight excluding hydrogens is 500 g/mol. The van der Waals surface area contributed by atoms with Crippen LogP contribution < -0.4 is 0 Å². The molecule has 6 aromatic rings. The number of H-pyrrole nitrogens is 1. The van der Waals surface area contributed by atoms with Gasteiger partial charge in [-0.25, -0.2) is 0 Å². The molecule has 1 N–H and O–H groups in total. The summed E-state index contributed by atoms with van der Waals surface area (Å²) in [6.07, 6.45) is 0. The number of benzene rings is 4. The van der Waals surface area contributed by atoms with E-state index < -0.39 is 0 Å². The molecule has 0 bridgehead atoms. The lowest BCUT2D eigenvalue weighted by molar-refractivity contribution is 1.18. The van der Waals surface area contributed by atoms with Crippen molar-refractivity contribution in [2.75, 3.05) is 0 Å². The molecule has 4 aromatic carbocycles. The molecule has 2 heterocycles. The van der Waals surface area contributed by atoms with Crippen LogP contribution >= 0.6 is 31.9 Å². The third-order valence-electron chi connectivity index (χ3n) is 5.71. The van der Waals surface area contributed by atoms with Crippen molar-refractivity contribution in [2.24, 2.45) is 0 Å². The minimum atomic E-state index is 0.967. The van der Waals surface area contributed by atoms with E-state index >= 15 is 0 Å². The first-order valence-corrected chi connectivity index (χ1v) is 11.3. The molecule has 0 aliphatic rings. The predicted octanol–water partition coefficient (Wildman–Crippen LogP) is 8.46. The Kier molecular flexibility index (Phi) is 4.12. The minimum absolute atomic E-state index is 0.967. The van der Waals surface area contributed by atoms with Crippen molar-refractivity contribution in [3.8, 4) is 16.8 Å². The van der Waals surface area contributed by atoms with Gasteiger partial charge in [-0.15, -0.1) is 0 Å². The summed E-state index contributed by atoms with van der Waals surface area (Å²) in [6.45, 7) is 0. The van der Waals surface area contributed by atoms with Gasteiger partial charge in [-0.1, -0.05) is 54.6 Å². The van der Waals surface area contributed by atoms with Gasteiger partial charge in [-0.2, -0.15) is 0 Å². The highest BCUT2D eigenvalue weighted by atomic mass is 79.9. The van der Waals surface area contributed by atoms with Gasteiger partial charge in [-0.3, -0.25) is 0 Å². The maximum absolute atomic E-state index is 3.68. The van der Waals surface area contributed by atoms with Crippen LogP contribution in [0.4, 0.5) is 0 Å². The molecule has 0 unspecified atom stereocenters. The third kappa shape index (κ3) is 2.68. The van der Waals surface area contributed by atoms with Crippen molar-refractivity contribution < 1.29 is 0 Å². The molecule has 4 heteroatoms. The van der Waals surface area contributed by atoms with Crippen LogP contribution in [0, 0.1) is 0 Å². The van der Waals surface area contributed by atoms with Gasteiger partial charge in [0.2, 0.25) is 0 Å². The Morgan fingerprint density at radius 2 is 1.30 bits per heavy atom. The van der Waals surface area contributed by atoms with E-state index in [0.717, 1.165) is 14.6 Å². The Hall–Kier alpha value is -2.82. The van der Waals surface area contributed by atoms with E-state index in [4.69, 9.17) is 0 Å². The number of hydrogen-bond acceptors (Lipinski definition) is 0. The van der Waals surface area contributed by atoms with Gasteiger partial charge in [0.15, 0.2) is 0 Å². The normalized spacial score (nSPS) is 11.7. The van der Waals surface area contributed by atoms with Gasteiger partial charge in [-0.05, 0) is 79.4 Å². The quantitative estimate of drug-likeness (QED) is 0.239. The van der Waals surface area contributed by atoms with Crippen LogP contribution in [0.1, 0.15) is 0 Å². The van der Waals surface area contributed by atoms with E-state index in [0.29, 0.717) is 0 Å². The second-order valence-corrected chi connectivity index (χ2v) is 9.02. The molecule has 0 radical (unpaired) electrons. The number of aromatic amines is 1. The second-order valence-electron chi connectivity index (χ2n) is 7.43. The third-order valence-corrected chi connectivity index (χ3v) is 7.67. The molecule has 0 aliphatic heterocycles. The summed E-state index contributed by atoms with van der Waals surface area (Å²) in [4.78, 5) is 3.35. The molecule has 0 saturated heterocycles. The highest BCUT2D eigenvalue weighted by Crippen LogP contribution is 2.37. The Bertz CT molecular complexity index is 1560. The standard InChI is InChI=1S/C26H16Br2N2/c27-25-21-14-16(11-13-22(21)29-26(25)28)17-10-12-20-19-8-4-5-9-23(19)30(24(20)15-17)18-6-2-1-3-7-18/h1-15,29H. The number of aromatic nitrogens is 2. The zero-order valence-corrected chi connectivity index (χ0v) is 19.0. The van der Waals surface area contributed by atoms with E-state index in [2.05, 4.69) is 132 Å². The Balaban J connectivity index is 1.65. The number of para-hydroxylation sites is 2. The van der Waals surface area contributed by atoms with Crippen LogP contribution in [-0.2, 0) is 0 Å². The van der Waals surface area contributed by atoms with Crippen LogP contribution in [0.25, 0.3) is 49.5 Å². The lowest BCUT2D eigenvalue weighted by Crippen LogP contribution is -1.93.